The fourth-order valence-corrected chi connectivity index (χ4v) is 2.53. The number of nitrogens with zero attached hydrogens (tertiary/aromatic N) is 1. The Morgan fingerprint density at radius 1 is 1.42 bits per heavy atom. The first-order valence-electron chi connectivity index (χ1n) is 7.14. The predicted molar refractivity (Wildman–Crippen MR) is 79.3 cm³/mol. The summed E-state index contributed by atoms with van der Waals surface area (Å²) in [7, 11) is 0. The summed E-state index contributed by atoms with van der Waals surface area (Å²) in [5, 5.41) is 0. The number of anilines is 1. The maximum absolute atomic E-state index is 12.4. The number of hydrogen-bond acceptors (Lipinski definition) is 2. The smallest absolute Gasteiger partial charge is 0.228 e. The normalized spacial score (nSPS) is 16.4. The Morgan fingerprint density at radius 3 is 2.84 bits per heavy atom. The minimum absolute atomic E-state index is 0.0525. The van der Waals surface area contributed by atoms with Gasteiger partial charge in [0.15, 0.2) is 0 Å². The van der Waals surface area contributed by atoms with Crippen molar-refractivity contribution in [1.29, 1.82) is 0 Å². The van der Waals surface area contributed by atoms with E-state index in [9.17, 15) is 4.79 Å². The van der Waals surface area contributed by atoms with Crippen molar-refractivity contribution in [2.24, 2.45) is 11.7 Å². The van der Waals surface area contributed by atoms with Gasteiger partial charge in [0.25, 0.3) is 0 Å². The van der Waals surface area contributed by atoms with Crippen molar-refractivity contribution in [2.75, 3.05) is 11.4 Å². The van der Waals surface area contributed by atoms with E-state index < -0.39 is 0 Å². The SMILES string of the molecule is Cc1ccc2c(c1)CCCN2C(=O)CC(N)C(C)C. The van der Waals surface area contributed by atoms with Gasteiger partial charge in [0.1, 0.15) is 0 Å². The molecule has 1 aromatic carbocycles. The average Bonchev–Trinajstić information content (AvgIpc) is 2.37. The number of nitrogens with two attached hydrogens (primary N) is 1. The topological polar surface area (TPSA) is 46.3 Å². The lowest BCUT2D eigenvalue weighted by Gasteiger charge is -2.31. The first-order chi connectivity index (χ1) is 8.99. The van der Waals surface area contributed by atoms with E-state index >= 15 is 0 Å². The van der Waals surface area contributed by atoms with Crippen molar-refractivity contribution in [3.63, 3.8) is 0 Å². The summed E-state index contributed by atoms with van der Waals surface area (Å²) in [4.78, 5) is 14.3. The summed E-state index contributed by atoms with van der Waals surface area (Å²) >= 11 is 0. The Labute approximate surface area is 115 Å². The zero-order chi connectivity index (χ0) is 14.0. The molecule has 0 aromatic heterocycles. The van der Waals surface area contributed by atoms with Crippen LogP contribution in [-0.2, 0) is 11.2 Å². The molecule has 0 aliphatic carbocycles. The Hall–Kier alpha value is -1.35. The second kappa shape index (κ2) is 5.74. The first kappa shape index (κ1) is 14.1. The fraction of sp³-hybridized carbons (Fsp3) is 0.562. The van der Waals surface area contributed by atoms with Gasteiger partial charge in [-0.1, -0.05) is 31.5 Å². The largest absolute Gasteiger partial charge is 0.327 e. The molecule has 1 unspecified atom stereocenters. The molecule has 0 spiro atoms. The molecule has 1 aliphatic heterocycles. The zero-order valence-electron chi connectivity index (χ0n) is 12.1. The van der Waals surface area contributed by atoms with Gasteiger partial charge >= 0.3 is 0 Å². The maximum Gasteiger partial charge on any atom is 0.228 e. The summed E-state index contributed by atoms with van der Waals surface area (Å²) in [6.45, 7) is 7.03. The number of aryl methyl sites for hydroxylation is 2. The Balaban J connectivity index is 2.17. The zero-order valence-corrected chi connectivity index (χ0v) is 12.1. The van der Waals surface area contributed by atoms with Crippen molar-refractivity contribution in [1.82, 2.24) is 0 Å². The minimum atomic E-state index is -0.0525. The molecule has 1 atom stereocenters. The minimum Gasteiger partial charge on any atom is -0.327 e. The molecule has 0 saturated carbocycles. The van der Waals surface area contributed by atoms with E-state index in [2.05, 4.69) is 39.0 Å². The summed E-state index contributed by atoms with van der Waals surface area (Å²) in [5.41, 5.74) is 9.65. The number of carbonyl (C=O) groups is 1. The van der Waals surface area contributed by atoms with Crippen LogP contribution in [0.15, 0.2) is 18.2 Å². The molecule has 0 fully saturated rings. The van der Waals surface area contributed by atoms with Gasteiger partial charge < -0.3 is 10.6 Å². The number of amides is 1. The van der Waals surface area contributed by atoms with E-state index in [1.165, 1.54) is 11.1 Å². The quantitative estimate of drug-likeness (QED) is 0.908. The number of fused-ring (bicyclic) bond motifs is 1. The number of carbonyl (C=O) groups excluding carboxylic acids is 1. The van der Waals surface area contributed by atoms with Gasteiger partial charge in [0, 0.05) is 24.7 Å². The Bertz CT molecular complexity index is 468. The summed E-state index contributed by atoms with van der Waals surface area (Å²) < 4.78 is 0. The summed E-state index contributed by atoms with van der Waals surface area (Å²) in [6.07, 6.45) is 2.54. The van der Waals surface area contributed by atoms with Crippen molar-refractivity contribution >= 4 is 11.6 Å². The lowest BCUT2D eigenvalue weighted by molar-refractivity contribution is -0.119. The van der Waals surface area contributed by atoms with Gasteiger partial charge in [-0.3, -0.25) is 4.79 Å². The van der Waals surface area contributed by atoms with E-state index in [1.807, 2.05) is 4.90 Å². The lowest BCUT2D eigenvalue weighted by atomic mass is 9.97. The van der Waals surface area contributed by atoms with Gasteiger partial charge in [-0.25, -0.2) is 0 Å². The number of benzene rings is 1. The maximum atomic E-state index is 12.4. The lowest BCUT2D eigenvalue weighted by Crippen LogP contribution is -2.40. The monoisotopic (exact) mass is 260 g/mol. The summed E-state index contributed by atoms with van der Waals surface area (Å²) in [5.74, 6) is 0.497. The van der Waals surface area contributed by atoms with Crippen LogP contribution in [0.1, 0.15) is 37.8 Å². The molecule has 1 heterocycles. The standard InChI is InChI=1S/C16H24N2O/c1-11(2)14(17)10-16(19)18-8-4-5-13-9-12(3)6-7-15(13)18/h6-7,9,11,14H,4-5,8,10,17H2,1-3H3. The molecular weight excluding hydrogens is 236 g/mol. The fourth-order valence-electron chi connectivity index (χ4n) is 2.53. The molecule has 2 N–H and O–H groups in total. The van der Waals surface area contributed by atoms with Gasteiger partial charge in [-0.2, -0.15) is 0 Å². The molecule has 1 aliphatic rings. The molecule has 0 saturated heterocycles. The second-order valence-electron chi connectivity index (χ2n) is 5.89. The Morgan fingerprint density at radius 2 is 2.16 bits per heavy atom. The van der Waals surface area contributed by atoms with Crippen LogP contribution in [0.25, 0.3) is 0 Å². The molecule has 1 amide bonds. The molecule has 0 radical (unpaired) electrons. The predicted octanol–water partition coefficient (Wildman–Crippen LogP) is 2.65. The van der Waals surface area contributed by atoms with Crippen LogP contribution in [0.2, 0.25) is 0 Å². The van der Waals surface area contributed by atoms with Crippen LogP contribution in [0, 0.1) is 12.8 Å². The third-order valence-electron chi connectivity index (χ3n) is 3.92. The molecule has 3 nitrogen and oxygen atoms in total. The van der Waals surface area contributed by atoms with Gasteiger partial charge in [0.05, 0.1) is 0 Å². The third kappa shape index (κ3) is 3.16. The second-order valence-corrected chi connectivity index (χ2v) is 5.89. The van der Waals surface area contributed by atoms with Crippen LogP contribution in [0.4, 0.5) is 5.69 Å². The highest BCUT2D eigenvalue weighted by atomic mass is 16.2. The molecule has 0 bridgehead atoms. The van der Waals surface area contributed by atoms with Gasteiger partial charge in [0.2, 0.25) is 5.91 Å². The summed E-state index contributed by atoms with van der Waals surface area (Å²) in [6, 6.07) is 6.29. The highest BCUT2D eigenvalue weighted by Gasteiger charge is 2.24. The molecular formula is C16H24N2O. The van der Waals surface area contributed by atoms with Crippen molar-refractivity contribution in [2.45, 2.75) is 46.1 Å². The van der Waals surface area contributed by atoms with E-state index in [0.717, 1.165) is 25.1 Å². The number of hydrogen-bond donors (Lipinski definition) is 1. The van der Waals surface area contributed by atoms with Crippen LogP contribution in [-0.4, -0.2) is 18.5 Å². The van der Waals surface area contributed by atoms with E-state index in [0.29, 0.717) is 12.3 Å². The van der Waals surface area contributed by atoms with E-state index in [4.69, 9.17) is 5.73 Å². The molecule has 2 rings (SSSR count). The van der Waals surface area contributed by atoms with E-state index in [-0.39, 0.29) is 11.9 Å². The first-order valence-corrected chi connectivity index (χ1v) is 7.14. The van der Waals surface area contributed by atoms with Gasteiger partial charge in [-0.05, 0) is 37.3 Å². The Kier molecular flexibility index (Phi) is 4.25. The average molecular weight is 260 g/mol. The molecule has 19 heavy (non-hydrogen) atoms. The molecule has 1 aromatic rings. The van der Waals surface area contributed by atoms with Gasteiger partial charge in [-0.15, -0.1) is 0 Å². The van der Waals surface area contributed by atoms with Crippen molar-refractivity contribution in [3.05, 3.63) is 29.3 Å². The number of rotatable bonds is 3. The van der Waals surface area contributed by atoms with Crippen LogP contribution < -0.4 is 10.6 Å². The highest BCUT2D eigenvalue weighted by Crippen LogP contribution is 2.28. The van der Waals surface area contributed by atoms with E-state index in [1.54, 1.807) is 0 Å². The highest BCUT2D eigenvalue weighted by molar-refractivity contribution is 5.95. The third-order valence-corrected chi connectivity index (χ3v) is 3.92. The molecule has 3 heteroatoms. The van der Waals surface area contributed by atoms with Crippen LogP contribution >= 0.6 is 0 Å². The molecule has 104 valence electrons. The van der Waals surface area contributed by atoms with Crippen LogP contribution in [0.5, 0.6) is 0 Å². The van der Waals surface area contributed by atoms with Crippen LogP contribution in [0.3, 0.4) is 0 Å². The van der Waals surface area contributed by atoms with Crippen molar-refractivity contribution in [3.8, 4) is 0 Å². The van der Waals surface area contributed by atoms with Crippen molar-refractivity contribution < 1.29 is 4.79 Å².